The van der Waals surface area contributed by atoms with Crippen molar-refractivity contribution in [1.29, 1.82) is 0 Å². The van der Waals surface area contributed by atoms with Crippen LogP contribution in [0.25, 0.3) is 0 Å². The highest BCUT2D eigenvalue weighted by Gasteiger charge is 2.39. The standard InChI is InChI=1S/C15H23N3O3S.ClH/c1-2-22(20,21)18-13-7-5-12(6-8-13)17-14(19)15(11-16)9-3-4-10-15;/h5-8,18H,2-4,9-11,16H2,1H3,(H,17,19);1H. The fourth-order valence-electron chi connectivity index (χ4n) is 2.71. The third kappa shape index (κ3) is 4.83. The van der Waals surface area contributed by atoms with E-state index in [0.717, 1.165) is 25.7 Å². The van der Waals surface area contributed by atoms with Crippen LogP contribution in [0.2, 0.25) is 0 Å². The number of nitrogens with two attached hydrogens (primary N) is 1. The Kier molecular flexibility index (Phi) is 6.85. The van der Waals surface area contributed by atoms with E-state index < -0.39 is 15.4 Å². The highest BCUT2D eigenvalue weighted by Crippen LogP contribution is 2.38. The van der Waals surface area contributed by atoms with Crippen molar-refractivity contribution in [3.05, 3.63) is 24.3 Å². The molecule has 0 radical (unpaired) electrons. The number of sulfonamides is 1. The van der Waals surface area contributed by atoms with E-state index in [9.17, 15) is 13.2 Å². The van der Waals surface area contributed by atoms with Gasteiger partial charge >= 0.3 is 0 Å². The van der Waals surface area contributed by atoms with Gasteiger partial charge in [-0.2, -0.15) is 0 Å². The van der Waals surface area contributed by atoms with Crippen molar-refractivity contribution in [3.63, 3.8) is 0 Å². The second-order valence-electron chi connectivity index (χ2n) is 5.73. The van der Waals surface area contributed by atoms with Crippen LogP contribution in [-0.4, -0.2) is 26.6 Å². The van der Waals surface area contributed by atoms with Crippen LogP contribution in [0.4, 0.5) is 11.4 Å². The van der Waals surface area contributed by atoms with Gasteiger partial charge < -0.3 is 11.1 Å². The molecule has 0 spiro atoms. The molecule has 4 N–H and O–H groups in total. The van der Waals surface area contributed by atoms with Gasteiger partial charge in [0.25, 0.3) is 0 Å². The predicted octanol–water partition coefficient (Wildman–Crippen LogP) is 2.33. The number of halogens is 1. The minimum Gasteiger partial charge on any atom is -0.329 e. The van der Waals surface area contributed by atoms with Crippen LogP contribution in [-0.2, 0) is 14.8 Å². The van der Waals surface area contributed by atoms with Gasteiger partial charge in [-0.25, -0.2) is 8.42 Å². The number of carbonyl (C=O) groups excluding carboxylic acids is 1. The smallest absolute Gasteiger partial charge is 0.232 e. The van der Waals surface area contributed by atoms with E-state index >= 15 is 0 Å². The Labute approximate surface area is 143 Å². The van der Waals surface area contributed by atoms with Gasteiger partial charge in [0.2, 0.25) is 15.9 Å². The summed E-state index contributed by atoms with van der Waals surface area (Å²) in [6.07, 6.45) is 3.71. The summed E-state index contributed by atoms with van der Waals surface area (Å²) in [7, 11) is -3.29. The van der Waals surface area contributed by atoms with Crippen molar-refractivity contribution in [2.75, 3.05) is 22.3 Å². The molecule has 23 heavy (non-hydrogen) atoms. The van der Waals surface area contributed by atoms with E-state index in [4.69, 9.17) is 5.73 Å². The van der Waals surface area contributed by atoms with Crippen LogP contribution in [0.5, 0.6) is 0 Å². The van der Waals surface area contributed by atoms with E-state index in [-0.39, 0.29) is 24.1 Å². The first kappa shape index (κ1) is 19.7. The monoisotopic (exact) mass is 361 g/mol. The maximum atomic E-state index is 12.4. The second-order valence-corrected chi connectivity index (χ2v) is 7.74. The lowest BCUT2D eigenvalue weighted by Crippen LogP contribution is -2.40. The van der Waals surface area contributed by atoms with Crippen molar-refractivity contribution < 1.29 is 13.2 Å². The van der Waals surface area contributed by atoms with Crippen LogP contribution in [0, 0.1) is 5.41 Å². The minimum absolute atomic E-state index is 0. The topological polar surface area (TPSA) is 101 Å². The summed E-state index contributed by atoms with van der Waals surface area (Å²) in [4.78, 5) is 12.4. The Morgan fingerprint density at radius 3 is 2.17 bits per heavy atom. The zero-order valence-corrected chi connectivity index (χ0v) is 14.8. The molecule has 1 aliphatic carbocycles. The Morgan fingerprint density at radius 1 is 1.17 bits per heavy atom. The summed E-state index contributed by atoms with van der Waals surface area (Å²) in [5, 5.41) is 2.88. The zero-order chi connectivity index (χ0) is 16.2. The number of rotatable bonds is 6. The number of hydrogen-bond acceptors (Lipinski definition) is 4. The molecular formula is C15H24ClN3O3S. The first-order valence-corrected chi connectivity index (χ1v) is 9.18. The maximum absolute atomic E-state index is 12.4. The van der Waals surface area contributed by atoms with E-state index in [1.807, 2.05) is 0 Å². The Hall–Kier alpha value is -1.31. The van der Waals surface area contributed by atoms with Crippen molar-refractivity contribution in [3.8, 4) is 0 Å². The van der Waals surface area contributed by atoms with Gasteiger partial charge in [0.1, 0.15) is 0 Å². The quantitative estimate of drug-likeness (QED) is 0.723. The Bertz CT molecular complexity index is 626. The maximum Gasteiger partial charge on any atom is 0.232 e. The molecule has 1 aromatic carbocycles. The van der Waals surface area contributed by atoms with Gasteiger partial charge in [0.15, 0.2) is 0 Å². The van der Waals surface area contributed by atoms with Crippen molar-refractivity contribution in [1.82, 2.24) is 0 Å². The molecule has 0 atom stereocenters. The molecule has 1 fully saturated rings. The van der Waals surface area contributed by atoms with Crippen molar-refractivity contribution >= 4 is 39.7 Å². The second kappa shape index (κ2) is 7.99. The molecule has 0 aliphatic heterocycles. The molecule has 1 saturated carbocycles. The predicted molar refractivity (Wildman–Crippen MR) is 95.4 cm³/mol. The van der Waals surface area contributed by atoms with Gasteiger partial charge in [-0.15, -0.1) is 12.4 Å². The van der Waals surface area contributed by atoms with E-state index in [0.29, 0.717) is 17.9 Å². The Balaban J connectivity index is 0.00000264. The number of nitrogens with one attached hydrogen (secondary N) is 2. The lowest BCUT2D eigenvalue weighted by Gasteiger charge is -2.25. The number of benzene rings is 1. The molecular weight excluding hydrogens is 338 g/mol. The highest BCUT2D eigenvalue weighted by atomic mass is 35.5. The fraction of sp³-hybridized carbons (Fsp3) is 0.533. The van der Waals surface area contributed by atoms with E-state index in [1.54, 1.807) is 31.2 Å². The van der Waals surface area contributed by atoms with Crippen molar-refractivity contribution in [2.45, 2.75) is 32.6 Å². The molecule has 0 unspecified atom stereocenters. The molecule has 0 aromatic heterocycles. The largest absolute Gasteiger partial charge is 0.329 e. The molecule has 2 rings (SSSR count). The number of carbonyl (C=O) groups is 1. The lowest BCUT2D eigenvalue weighted by atomic mass is 9.85. The lowest BCUT2D eigenvalue weighted by molar-refractivity contribution is -0.124. The summed E-state index contributed by atoms with van der Waals surface area (Å²) >= 11 is 0. The van der Waals surface area contributed by atoms with Gasteiger partial charge in [-0.3, -0.25) is 9.52 Å². The summed E-state index contributed by atoms with van der Waals surface area (Å²) < 4.78 is 25.4. The molecule has 1 aromatic rings. The van der Waals surface area contributed by atoms with Gasteiger partial charge in [-0.1, -0.05) is 12.8 Å². The zero-order valence-electron chi connectivity index (χ0n) is 13.2. The van der Waals surface area contributed by atoms with Crippen LogP contribution in [0.1, 0.15) is 32.6 Å². The van der Waals surface area contributed by atoms with Crippen LogP contribution in [0.3, 0.4) is 0 Å². The first-order chi connectivity index (χ1) is 10.4. The summed E-state index contributed by atoms with van der Waals surface area (Å²) in [6, 6.07) is 6.63. The summed E-state index contributed by atoms with van der Waals surface area (Å²) in [5.74, 6) is -0.0285. The van der Waals surface area contributed by atoms with Gasteiger partial charge in [0, 0.05) is 17.9 Å². The van der Waals surface area contributed by atoms with Gasteiger partial charge in [-0.05, 0) is 44.0 Å². The van der Waals surface area contributed by atoms with Crippen LogP contribution in [0.15, 0.2) is 24.3 Å². The third-order valence-electron chi connectivity index (χ3n) is 4.23. The van der Waals surface area contributed by atoms with Crippen LogP contribution >= 0.6 is 12.4 Å². The molecule has 0 saturated heterocycles. The first-order valence-electron chi connectivity index (χ1n) is 7.53. The molecule has 8 heteroatoms. The third-order valence-corrected chi connectivity index (χ3v) is 5.54. The molecule has 130 valence electrons. The molecule has 0 bridgehead atoms. The SMILES string of the molecule is CCS(=O)(=O)Nc1ccc(NC(=O)C2(CN)CCCC2)cc1.Cl. The summed E-state index contributed by atoms with van der Waals surface area (Å²) in [5.41, 5.74) is 6.46. The molecule has 1 aliphatic rings. The minimum atomic E-state index is -3.29. The fourth-order valence-corrected chi connectivity index (χ4v) is 3.35. The van der Waals surface area contributed by atoms with Crippen LogP contribution < -0.4 is 15.8 Å². The number of anilines is 2. The molecule has 6 nitrogen and oxygen atoms in total. The van der Waals surface area contributed by atoms with E-state index in [1.165, 1.54) is 0 Å². The van der Waals surface area contributed by atoms with Crippen molar-refractivity contribution in [2.24, 2.45) is 11.1 Å². The van der Waals surface area contributed by atoms with E-state index in [2.05, 4.69) is 10.0 Å². The normalized spacial score (nSPS) is 16.4. The molecule has 0 heterocycles. The summed E-state index contributed by atoms with van der Waals surface area (Å²) in [6.45, 7) is 1.93. The van der Waals surface area contributed by atoms with Gasteiger partial charge in [0.05, 0.1) is 11.2 Å². The average Bonchev–Trinajstić information content (AvgIpc) is 2.99. The average molecular weight is 362 g/mol. The number of amides is 1. The number of hydrogen-bond donors (Lipinski definition) is 3. The Morgan fingerprint density at radius 2 is 1.70 bits per heavy atom. The highest BCUT2D eigenvalue weighted by molar-refractivity contribution is 7.92. The molecule has 1 amide bonds.